The van der Waals surface area contributed by atoms with Crippen molar-refractivity contribution in [1.29, 1.82) is 0 Å². The summed E-state index contributed by atoms with van der Waals surface area (Å²) in [6, 6.07) is 19.2. The maximum atomic E-state index is 12.9. The molecule has 4 rings (SSSR count). The third-order valence-electron chi connectivity index (χ3n) is 5.25. The number of hydrogen-bond acceptors (Lipinski definition) is 5. The molecule has 2 aromatic carbocycles. The molecule has 31 heavy (non-hydrogen) atoms. The maximum absolute atomic E-state index is 12.9. The monoisotopic (exact) mass is 455 g/mol. The highest BCUT2D eigenvalue weighted by Crippen LogP contribution is 2.28. The third-order valence-corrected chi connectivity index (χ3v) is 8.23. The molecule has 0 bridgehead atoms. The van der Waals surface area contributed by atoms with Crippen molar-refractivity contribution in [3.63, 3.8) is 0 Å². The van der Waals surface area contributed by atoms with Gasteiger partial charge in [0.05, 0.1) is 0 Å². The molecule has 0 atom stereocenters. The molecule has 8 heteroatoms. The van der Waals surface area contributed by atoms with Gasteiger partial charge in [-0.05, 0) is 60.5 Å². The van der Waals surface area contributed by atoms with Gasteiger partial charge in [-0.2, -0.15) is 4.31 Å². The summed E-state index contributed by atoms with van der Waals surface area (Å²) >= 11 is 1.14. The number of nitrogens with one attached hydrogen (secondary N) is 2. The fourth-order valence-electron chi connectivity index (χ4n) is 3.59. The topological polar surface area (TPSA) is 78.5 Å². The SMILES string of the molecule is O=C(Nc1ccc(NCCc2ccccc2)cc1)c1sccc1S(=O)(=O)N1CCCC1. The first-order chi connectivity index (χ1) is 15.0. The standard InChI is InChI=1S/C23H25N3O3S2/c27-23(22-21(13-17-30-22)31(28,29)26-15-4-5-16-26)25-20-10-8-19(9-11-20)24-14-12-18-6-2-1-3-7-18/h1-3,6-11,13,17,24H,4-5,12,14-16H2,(H,25,27). The second-order valence-corrected chi connectivity index (χ2v) is 10.2. The van der Waals surface area contributed by atoms with Crippen LogP contribution in [0.1, 0.15) is 28.1 Å². The Morgan fingerprint density at radius 2 is 1.61 bits per heavy atom. The molecule has 1 aliphatic rings. The van der Waals surface area contributed by atoms with Crippen molar-refractivity contribution in [3.05, 3.63) is 76.5 Å². The minimum atomic E-state index is -3.63. The highest BCUT2D eigenvalue weighted by molar-refractivity contribution is 7.89. The van der Waals surface area contributed by atoms with Crippen LogP contribution in [0.15, 0.2) is 70.9 Å². The molecule has 2 N–H and O–H groups in total. The molecule has 1 aromatic heterocycles. The number of hydrogen-bond donors (Lipinski definition) is 2. The fourth-order valence-corrected chi connectivity index (χ4v) is 6.40. The lowest BCUT2D eigenvalue weighted by Gasteiger charge is -2.15. The van der Waals surface area contributed by atoms with Gasteiger partial charge >= 0.3 is 0 Å². The highest BCUT2D eigenvalue weighted by atomic mass is 32.2. The summed E-state index contributed by atoms with van der Waals surface area (Å²) in [4.78, 5) is 13.1. The number of carbonyl (C=O) groups excluding carboxylic acids is 1. The average molecular weight is 456 g/mol. The minimum Gasteiger partial charge on any atom is -0.385 e. The van der Waals surface area contributed by atoms with Crippen molar-refractivity contribution >= 4 is 38.6 Å². The molecule has 1 aliphatic heterocycles. The van der Waals surface area contributed by atoms with E-state index in [-0.39, 0.29) is 9.77 Å². The number of anilines is 2. The van der Waals surface area contributed by atoms with Gasteiger partial charge in [0.2, 0.25) is 10.0 Å². The van der Waals surface area contributed by atoms with Crippen molar-refractivity contribution in [3.8, 4) is 0 Å². The second-order valence-electron chi connectivity index (χ2n) is 7.42. The summed E-state index contributed by atoms with van der Waals surface area (Å²) in [5.74, 6) is -0.405. The summed E-state index contributed by atoms with van der Waals surface area (Å²) < 4.78 is 27.2. The molecule has 6 nitrogen and oxygen atoms in total. The van der Waals surface area contributed by atoms with E-state index in [2.05, 4.69) is 22.8 Å². The van der Waals surface area contributed by atoms with Crippen molar-refractivity contribution in [2.45, 2.75) is 24.2 Å². The van der Waals surface area contributed by atoms with Gasteiger partial charge in [-0.1, -0.05) is 30.3 Å². The van der Waals surface area contributed by atoms with Gasteiger partial charge in [0.1, 0.15) is 9.77 Å². The molecule has 0 saturated carbocycles. The van der Waals surface area contributed by atoms with Crippen LogP contribution in [0.4, 0.5) is 11.4 Å². The summed E-state index contributed by atoms with van der Waals surface area (Å²) in [5.41, 5.74) is 2.86. The van der Waals surface area contributed by atoms with Gasteiger partial charge in [0.25, 0.3) is 5.91 Å². The summed E-state index contributed by atoms with van der Waals surface area (Å²) in [6.07, 6.45) is 2.64. The Balaban J connectivity index is 1.37. The molecule has 162 valence electrons. The van der Waals surface area contributed by atoms with E-state index in [1.165, 1.54) is 15.9 Å². The Kier molecular flexibility index (Phi) is 6.70. The summed E-state index contributed by atoms with van der Waals surface area (Å²) in [6.45, 7) is 1.83. The molecule has 0 unspecified atom stereocenters. The van der Waals surface area contributed by atoms with E-state index in [1.54, 1.807) is 5.38 Å². The van der Waals surface area contributed by atoms with Gasteiger partial charge in [0.15, 0.2) is 0 Å². The van der Waals surface area contributed by atoms with E-state index in [4.69, 9.17) is 0 Å². The molecule has 0 spiro atoms. The van der Waals surface area contributed by atoms with Crippen LogP contribution in [0.25, 0.3) is 0 Å². The van der Waals surface area contributed by atoms with Gasteiger partial charge in [-0.15, -0.1) is 11.3 Å². The van der Waals surface area contributed by atoms with Crippen LogP contribution in [0.5, 0.6) is 0 Å². The van der Waals surface area contributed by atoms with Crippen LogP contribution in [0.2, 0.25) is 0 Å². The largest absolute Gasteiger partial charge is 0.385 e. The summed E-state index contributed by atoms with van der Waals surface area (Å²) in [5, 5.41) is 7.83. The molecule has 1 saturated heterocycles. The smallest absolute Gasteiger partial charge is 0.267 e. The Morgan fingerprint density at radius 3 is 2.32 bits per heavy atom. The fraction of sp³-hybridized carbons (Fsp3) is 0.261. The molecule has 1 fully saturated rings. The Morgan fingerprint density at radius 1 is 0.935 bits per heavy atom. The van der Waals surface area contributed by atoms with Crippen molar-refractivity contribution in [1.82, 2.24) is 4.31 Å². The van der Waals surface area contributed by atoms with Crippen LogP contribution in [-0.2, 0) is 16.4 Å². The lowest BCUT2D eigenvalue weighted by molar-refractivity contribution is 0.102. The zero-order valence-corrected chi connectivity index (χ0v) is 18.7. The maximum Gasteiger partial charge on any atom is 0.267 e. The Hall–Kier alpha value is -2.68. The first-order valence-electron chi connectivity index (χ1n) is 10.3. The van der Waals surface area contributed by atoms with E-state index in [0.717, 1.165) is 42.8 Å². The van der Waals surface area contributed by atoms with Crippen LogP contribution >= 0.6 is 11.3 Å². The van der Waals surface area contributed by atoms with Gasteiger partial charge < -0.3 is 10.6 Å². The number of amides is 1. The Bertz CT molecular complexity index is 1120. The summed E-state index contributed by atoms with van der Waals surface area (Å²) in [7, 11) is -3.63. The highest BCUT2D eigenvalue weighted by Gasteiger charge is 2.31. The molecular formula is C23H25N3O3S2. The van der Waals surface area contributed by atoms with Crippen LogP contribution in [-0.4, -0.2) is 38.3 Å². The number of nitrogens with zero attached hydrogens (tertiary/aromatic N) is 1. The first-order valence-corrected chi connectivity index (χ1v) is 12.6. The van der Waals surface area contributed by atoms with E-state index < -0.39 is 15.9 Å². The normalized spacial score (nSPS) is 14.5. The zero-order valence-electron chi connectivity index (χ0n) is 17.1. The molecule has 1 amide bonds. The number of sulfonamides is 1. The lowest BCUT2D eigenvalue weighted by Crippen LogP contribution is -2.29. The minimum absolute atomic E-state index is 0.0936. The molecule has 0 aliphatic carbocycles. The van der Waals surface area contributed by atoms with E-state index in [1.807, 2.05) is 42.5 Å². The second kappa shape index (κ2) is 9.64. The molecule has 0 radical (unpaired) electrons. The van der Waals surface area contributed by atoms with Crippen molar-refractivity contribution in [2.24, 2.45) is 0 Å². The number of thiophene rings is 1. The predicted octanol–water partition coefficient (Wildman–Crippen LogP) is 4.44. The van der Waals surface area contributed by atoms with Crippen LogP contribution in [0, 0.1) is 0 Å². The third kappa shape index (κ3) is 5.15. The first kappa shape index (κ1) is 21.5. The Labute approximate surface area is 187 Å². The van der Waals surface area contributed by atoms with Gasteiger partial charge in [-0.3, -0.25) is 4.79 Å². The molecular weight excluding hydrogens is 430 g/mol. The van der Waals surface area contributed by atoms with Gasteiger partial charge in [0, 0.05) is 31.0 Å². The zero-order chi connectivity index (χ0) is 21.7. The number of rotatable bonds is 8. The predicted molar refractivity (Wildman–Crippen MR) is 125 cm³/mol. The molecule has 2 heterocycles. The van der Waals surface area contributed by atoms with E-state index >= 15 is 0 Å². The number of carbonyl (C=O) groups is 1. The average Bonchev–Trinajstić information content (AvgIpc) is 3.49. The molecule has 3 aromatic rings. The van der Waals surface area contributed by atoms with Crippen molar-refractivity contribution < 1.29 is 13.2 Å². The van der Waals surface area contributed by atoms with Gasteiger partial charge in [-0.25, -0.2) is 8.42 Å². The van der Waals surface area contributed by atoms with Crippen molar-refractivity contribution in [2.75, 3.05) is 30.3 Å². The van der Waals surface area contributed by atoms with E-state index in [0.29, 0.717) is 18.8 Å². The number of benzene rings is 2. The lowest BCUT2D eigenvalue weighted by atomic mass is 10.1. The van der Waals surface area contributed by atoms with Crippen LogP contribution < -0.4 is 10.6 Å². The van der Waals surface area contributed by atoms with Crippen LogP contribution in [0.3, 0.4) is 0 Å². The van der Waals surface area contributed by atoms with E-state index in [9.17, 15) is 13.2 Å². The quantitative estimate of drug-likeness (QED) is 0.526.